The molecule has 0 unspecified atom stereocenters. The van der Waals surface area contributed by atoms with Crippen LogP contribution in [0.25, 0.3) is 0 Å². The predicted octanol–water partition coefficient (Wildman–Crippen LogP) is 4.41. The highest BCUT2D eigenvalue weighted by Gasteiger charge is 2.35. The number of alkyl halides is 5. The van der Waals surface area contributed by atoms with Crippen LogP contribution in [-0.2, 0) is 6.18 Å². The molecule has 1 heterocycles. The van der Waals surface area contributed by atoms with Crippen LogP contribution in [-0.4, -0.2) is 4.98 Å². The molecule has 1 aromatic heterocycles. The van der Waals surface area contributed by atoms with Gasteiger partial charge in [0, 0.05) is 0 Å². The fourth-order valence-electron chi connectivity index (χ4n) is 0.837. The first kappa shape index (κ1) is 13.1. The van der Waals surface area contributed by atoms with E-state index in [-0.39, 0.29) is 8.30 Å². The van der Waals surface area contributed by atoms with E-state index in [2.05, 4.69) is 20.9 Å². The van der Waals surface area contributed by atoms with Crippen LogP contribution in [0.5, 0.6) is 0 Å². The van der Waals surface area contributed by atoms with Gasteiger partial charge in [-0.25, -0.2) is 13.8 Å². The van der Waals surface area contributed by atoms with Crippen LogP contribution in [0.4, 0.5) is 22.0 Å². The maximum atomic E-state index is 12.3. The van der Waals surface area contributed by atoms with Crippen molar-refractivity contribution in [2.45, 2.75) is 12.6 Å². The minimum absolute atomic E-state index is 0.269. The van der Waals surface area contributed by atoms with Crippen molar-refractivity contribution in [2.75, 3.05) is 0 Å². The second-order valence-electron chi connectivity index (χ2n) is 2.51. The normalized spacial score (nSPS) is 12.3. The molecule has 0 atom stereocenters. The molecule has 1 nitrogen and oxygen atoms in total. The fourth-order valence-corrected chi connectivity index (χ4v) is 2.34. The highest BCUT2D eigenvalue weighted by Crippen LogP contribution is 2.36. The summed E-state index contributed by atoms with van der Waals surface area (Å²) in [4.78, 5) is 3.36. The molecule has 0 aliphatic carbocycles. The van der Waals surface area contributed by atoms with E-state index in [1.54, 1.807) is 0 Å². The summed E-state index contributed by atoms with van der Waals surface area (Å²) in [6.45, 7) is 0. The molecule has 0 aliphatic rings. The van der Waals surface area contributed by atoms with E-state index in [9.17, 15) is 22.0 Å². The van der Waals surface area contributed by atoms with Gasteiger partial charge < -0.3 is 0 Å². The molecule has 0 saturated carbocycles. The molecule has 0 spiro atoms. The molecule has 0 aromatic carbocycles. The van der Waals surface area contributed by atoms with Crippen molar-refractivity contribution in [2.24, 2.45) is 0 Å². The van der Waals surface area contributed by atoms with Crippen molar-refractivity contribution in [3.63, 3.8) is 0 Å². The molecule has 8 heteroatoms. The van der Waals surface area contributed by atoms with Gasteiger partial charge in [-0.1, -0.05) is 0 Å². The van der Waals surface area contributed by atoms with Gasteiger partial charge in [0.05, 0.1) is 11.1 Å². The molecule has 0 saturated heterocycles. The van der Waals surface area contributed by atoms with Crippen molar-refractivity contribution in [1.82, 2.24) is 4.98 Å². The zero-order chi connectivity index (χ0) is 11.8. The highest BCUT2D eigenvalue weighted by atomic mass is 127. The molecule has 0 radical (unpaired) electrons. The molecule has 15 heavy (non-hydrogen) atoms. The SMILES string of the molecule is FC(F)c1cc(C(F)(F)F)c(I)nc1Br. The fraction of sp³-hybridized carbons (Fsp3) is 0.286. The largest absolute Gasteiger partial charge is 0.418 e. The molecule has 0 amide bonds. The Labute approximate surface area is 103 Å². The third-order valence-corrected chi connectivity index (χ3v) is 2.95. The molecular formula is C7H2BrF5IN. The van der Waals surface area contributed by atoms with Gasteiger partial charge in [0.15, 0.2) is 0 Å². The van der Waals surface area contributed by atoms with Gasteiger partial charge >= 0.3 is 6.18 Å². The summed E-state index contributed by atoms with van der Waals surface area (Å²) in [5.41, 5.74) is -1.91. The van der Waals surface area contributed by atoms with Crippen LogP contribution in [0.3, 0.4) is 0 Å². The highest BCUT2D eigenvalue weighted by molar-refractivity contribution is 14.1. The third kappa shape index (κ3) is 2.99. The number of pyridine rings is 1. The summed E-state index contributed by atoms with van der Waals surface area (Å²) >= 11 is 4.03. The number of aromatic nitrogens is 1. The van der Waals surface area contributed by atoms with E-state index in [1.807, 2.05) is 0 Å². The van der Waals surface area contributed by atoms with E-state index < -0.39 is 23.7 Å². The van der Waals surface area contributed by atoms with E-state index >= 15 is 0 Å². The zero-order valence-corrected chi connectivity index (χ0v) is 10.5. The predicted molar refractivity (Wildman–Crippen MR) is 54.6 cm³/mol. The lowest BCUT2D eigenvalue weighted by atomic mass is 10.2. The van der Waals surface area contributed by atoms with E-state index in [4.69, 9.17) is 0 Å². The van der Waals surface area contributed by atoms with Crippen LogP contribution in [0.15, 0.2) is 10.7 Å². The van der Waals surface area contributed by atoms with Crippen LogP contribution in [0.1, 0.15) is 17.6 Å². The lowest BCUT2D eigenvalue weighted by Crippen LogP contribution is -2.10. The second kappa shape index (κ2) is 4.48. The first-order chi connectivity index (χ1) is 6.73. The Kier molecular flexibility index (Phi) is 3.90. The van der Waals surface area contributed by atoms with Crippen molar-refractivity contribution < 1.29 is 22.0 Å². The minimum Gasteiger partial charge on any atom is -0.234 e. The van der Waals surface area contributed by atoms with Gasteiger partial charge in [0.2, 0.25) is 0 Å². The van der Waals surface area contributed by atoms with E-state index in [0.29, 0.717) is 6.07 Å². The van der Waals surface area contributed by atoms with Crippen molar-refractivity contribution in [3.8, 4) is 0 Å². The zero-order valence-electron chi connectivity index (χ0n) is 6.75. The van der Waals surface area contributed by atoms with Gasteiger partial charge in [0.25, 0.3) is 6.43 Å². The molecule has 0 bridgehead atoms. The summed E-state index contributed by atoms with van der Waals surface area (Å²) in [5, 5.41) is 0. The average molecular weight is 402 g/mol. The van der Waals surface area contributed by atoms with Crippen molar-refractivity contribution in [3.05, 3.63) is 25.5 Å². The molecule has 1 rings (SSSR count). The first-order valence-corrected chi connectivity index (χ1v) is 5.32. The van der Waals surface area contributed by atoms with Gasteiger partial charge in [-0.05, 0) is 44.6 Å². The summed E-state index contributed by atoms with van der Waals surface area (Å²) < 4.78 is 60.9. The van der Waals surface area contributed by atoms with Gasteiger partial charge in [-0.2, -0.15) is 13.2 Å². The topological polar surface area (TPSA) is 12.9 Å². The number of nitrogens with zero attached hydrogens (tertiary/aromatic N) is 1. The maximum Gasteiger partial charge on any atom is 0.418 e. The van der Waals surface area contributed by atoms with Crippen LogP contribution in [0.2, 0.25) is 0 Å². The average Bonchev–Trinajstić information content (AvgIpc) is 2.00. The summed E-state index contributed by atoms with van der Waals surface area (Å²) in [5.74, 6) is 0. The van der Waals surface area contributed by atoms with E-state index in [1.165, 1.54) is 22.6 Å². The Hall–Kier alpha value is 0.01000. The number of halogens is 7. The smallest absolute Gasteiger partial charge is 0.234 e. The summed E-state index contributed by atoms with van der Waals surface area (Å²) in [7, 11) is 0. The molecular weight excluding hydrogens is 400 g/mol. The lowest BCUT2D eigenvalue weighted by Gasteiger charge is -2.11. The number of hydrogen-bond acceptors (Lipinski definition) is 1. The molecule has 84 valence electrons. The standard InChI is InChI=1S/C7H2BrF5IN/c8-4-2(5(9)10)1-3(6(14)15-4)7(11,12)13/h1,5H. The van der Waals surface area contributed by atoms with Gasteiger partial charge in [-0.15, -0.1) is 0 Å². The summed E-state index contributed by atoms with van der Waals surface area (Å²) in [6, 6.07) is 0.406. The Balaban J connectivity index is 3.37. The Morgan fingerprint density at radius 3 is 2.27 bits per heavy atom. The quantitative estimate of drug-likeness (QED) is 0.386. The molecule has 0 N–H and O–H groups in total. The molecule has 1 aromatic rings. The number of rotatable bonds is 1. The number of hydrogen-bond donors (Lipinski definition) is 0. The third-order valence-electron chi connectivity index (χ3n) is 1.50. The van der Waals surface area contributed by atoms with Crippen LogP contribution < -0.4 is 0 Å². The Morgan fingerprint density at radius 1 is 1.33 bits per heavy atom. The minimum atomic E-state index is -4.67. The lowest BCUT2D eigenvalue weighted by molar-refractivity contribution is -0.138. The Morgan fingerprint density at radius 2 is 1.87 bits per heavy atom. The van der Waals surface area contributed by atoms with Crippen molar-refractivity contribution in [1.29, 1.82) is 0 Å². The van der Waals surface area contributed by atoms with Gasteiger partial charge in [0.1, 0.15) is 8.30 Å². The van der Waals surface area contributed by atoms with Crippen LogP contribution >= 0.6 is 38.5 Å². The first-order valence-electron chi connectivity index (χ1n) is 3.44. The van der Waals surface area contributed by atoms with Crippen LogP contribution in [0, 0.1) is 3.70 Å². The summed E-state index contributed by atoms with van der Waals surface area (Å²) in [6.07, 6.45) is -7.67. The van der Waals surface area contributed by atoms with E-state index in [0.717, 1.165) is 0 Å². The maximum absolute atomic E-state index is 12.3. The molecule has 0 fully saturated rings. The molecule has 0 aliphatic heterocycles. The second-order valence-corrected chi connectivity index (χ2v) is 4.28. The Bertz CT molecular complexity index is 378. The van der Waals surface area contributed by atoms with Crippen molar-refractivity contribution >= 4 is 38.5 Å². The monoisotopic (exact) mass is 401 g/mol. The van der Waals surface area contributed by atoms with Gasteiger partial charge in [-0.3, -0.25) is 0 Å².